The van der Waals surface area contributed by atoms with Gasteiger partial charge in [0.2, 0.25) is 11.1 Å². The van der Waals surface area contributed by atoms with Crippen molar-refractivity contribution >= 4 is 23.7 Å². The first-order chi connectivity index (χ1) is 15.6. The maximum Gasteiger partial charge on any atom is 0.338 e. The van der Waals surface area contributed by atoms with Crippen molar-refractivity contribution in [2.45, 2.75) is 71.0 Å². The molecule has 2 heterocycles. The minimum atomic E-state index is -0.410. The van der Waals surface area contributed by atoms with E-state index in [1.165, 1.54) is 6.42 Å². The van der Waals surface area contributed by atoms with E-state index in [1.807, 2.05) is 38.1 Å². The molecule has 32 heavy (non-hydrogen) atoms. The Morgan fingerprint density at radius 2 is 1.88 bits per heavy atom. The molecule has 2 aromatic rings. The third-order valence-corrected chi connectivity index (χ3v) is 6.19. The van der Waals surface area contributed by atoms with Crippen LogP contribution < -0.4 is 10.1 Å². The number of allylic oxidation sites excluding steroid dienone is 1. The van der Waals surface area contributed by atoms with E-state index in [2.05, 4.69) is 24.1 Å². The highest BCUT2D eigenvalue weighted by Crippen LogP contribution is 2.37. The Hall–Kier alpha value is -2.48. The number of aromatic nitrogens is 3. The summed E-state index contributed by atoms with van der Waals surface area (Å²) < 4.78 is 13.0. The van der Waals surface area contributed by atoms with Crippen molar-refractivity contribution in [3.63, 3.8) is 0 Å². The smallest absolute Gasteiger partial charge is 0.338 e. The van der Waals surface area contributed by atoms with Crippen molar-refractivity contribution in [1.82, 2.24) is 14.8 Å². The molecule has 1 unspecified atom stereocenters. The molecule has 1 aromatic carbocycles. The number of rotatable bonds is 12. The van der Waals surface area contributed by atoms with Crippen molar-refractivity contribution in [2.75, 3.05) is 24.3 Å². The van der Waals surface area contributed by atoms with Crippen LogP contribution in [0.25, 0.3) is 0 Å². The van der Waals surface area contributed by atoms with Crippen LogP contribution in [0.1, 0.15) is 71.4 Å². The summed E-state index contributed by atoms with van der Waals surface area (Å²) in [4.78, 5) is 17.5. The van der Waals surface area contributed by atoms with Crippen LogP contribution in [-0.2, 0) is 9.53 Å². The van der Waals surface area contributed by atoms with Crippen molar-refractivity contribution < 1.29 is 14.3 Å². The highest BCUT2D eigenvalue weighted by atomic mass is 32.2. The average molecular weight is 459 g/mol. The first-order valence-corrected chi connectivity index (χ1v) is 12.5. The van der Waals surface area contributed by atoms with Gasteiger partial charge in [-0.1, -0.05) is 57.0 Å². The molecule has 0 spiro atoms. The van der Waals surface area contributed by atoms with Crippen LogP contribution in [0, 0.1) is 0 Å². The topological polar surface area (TPSA) is 78.3 Å². The Morgan fingerprint density at radius 1 is 1.12 bits per heavy atom. The molecule has 174 valence electrons. The van der Waals surface area contributed by atoms with Crippen molar-refractivity contribution in [1.29, 1.82) is 0 Å². The highest BCUT2D eigenvalue weighted by Gasteiger charge is 2.35. The molecule has 0 amide bonds. The molecule has 0 aliphatic carbocycles. The van der Waals surface area contributed by atoms with Gasteiger partial charge in [-0.25, -0.2) is 9.48 Å². The Kier molecular flexibility index (Phi) is 9.02. The lowest BCUT2D eigenvalue weighted by Gasteiger charge is -2.28. The number of anilines is 1. The summed E-state index contributed by atoms with van der Waals surface area (Å²) in [5.41, 5.74) is 2.22. The van der Waals surface area contributed by atoms with E-state index in [9.17, 15) is 4.79 Å². The lowest BCUT2D eigenvalue weighted by Crippen LogP contribution is -2.29. The van der Waals surface area contributed by atoms with E-state index in [1.54, 1.807) is 16.4 Å². The molecule has 0 saturated heterocycles. The SMILES string of the molecule is CCCCCOc1ccc(C2C(C(=O)OCC)=C(C)Nc3nc(SCCCC)nn32)cc1. The van der Waals surface area contributed by atoms with Crippen LogP contribution in [0.4, 0.5) is 5.95 Å². The molecule has 0 bridgehead atoms. The van der Waals surface area contributed by atoms with Crippen molar-refractivity contribution in [3.05, 3.63) is 41.1 Å². The number of carbonyl (C=O) groups is 1. The molecule has 1 aliphatic rings. The quantitative estimate of drug-likeness (QED) is 0.252. The Morgan fingerprint density at radius 3 is 2.56 bits per heavy atom. The predicted molar refractivity (Wildman–Crippen MR) is 128 cm³/mol. The summed E-state index contributed by atoms with van der Waals surface area (Å²) in [6.07, 6.45) is 5.60. The van der Waals surface area contributed by atoms with E-state index < -0.39 is 6.04 Å². The molecule has 1 aromatic heterocycles. The molecule has 8 heteroatoms. The fourth-order valence-corrected chi connectivity index (χ4v) is 4.48. The van der Waals surface area contributed by atoms with Gasteiger partial charge in [0.05, 0.1) is 18.8 Å². The van der Waals surface area contributed by atoms with E-state index in [0.29, 0.717) is 29.9 Å². The molecule has 1 N–H and O–H groups in total. The van der Waals surface area contributed by atoms with Gasteiger partial charge in [0.25, 0.3) is 0 Å². The third kappa shape index (κ3) is 5.85. The summed E-state index contributed by atoms with van der Waals surface area (Å²) >= 11 is 1.63. The van der Waals surface area contributed by atoms with Gasteiger partial charge in [0.1, 0.15) is 11.8 Å². The average Bonchev–Trinajstić information content (AvgIpc) is 3.19. The molecule has 0 saturated carbocycles. The molecule has 3 rings (SSSR count). The van der Waals surface area contributed by atoms with Crippen LogP contribution in [0.5, 0.6) is 5.75 Å². The van der Waals surface area contributed by atoms with Gasteiger partial charge in [-0.2, -0.15) is 4.98 Å². The number of carbonyl (C=O) groups excluding carboxylic acids is 1. The highest BCUT2D eigenvalue weighted by molar-refractivity contribution is 7.99. The number of benzene rings is 1. The molecule has 1 aliphatic heterocycles. The minimum Gasteiger partial charge on any atom is -0.494 e. The van der Waals surface area contributed by atoms with Gasteiger partial charge < -0.3 is 14.8 Å². The van der Waals surface area contributed by atoms with E-state index >= 15 is 0 Å². The van der Waals surface area contributed by atoms with Gasteiger partial charge in [-0.05, 0) is 44.4 Å². The zero-order chi connectivity index (χ0) is 22.9. The van der Waals surface area contributed by atoms with Gasteiger partial charge in [0.15, 0.2) is 0 Å². The number of unbranched alkanes of at least 4 members (excludes halogenated alkanes) is 3. The first kappa shape index (κ1) is 24.2. The fraction of sp³-hybridized carbons (Fsp3) is 0.542. The van der Waals surface area contributed by atoms with Crippen LogP contribution in [0.2, 0.25) is 0 Å². The van der Waals surface area contributed by atoms with Gasteiger partial charge in [-0.15, -0.1) is 5.10 Å². The Balaban J connectivity index is 1.89. The van der Waals surface area contributed by atoms with Gasteiger partial charge in [-0.3, -0.25) is 0 Å². The number of nitrogens with one attached hydrogen (secondary N) is 1. The maximum atomic E-state index is 12.9. The lowest BCUT2D eigenvalue weighted by molar-refractivity contribution is -0.139. The first-order valence-electron chi connectivity index (χ1n) is 11.6. The van der Waals surface area contributed by atoms with Crippen molar-refractivity contribution in [3.8, 4) is 5.75 Å². The van der Waals surface area contributed by atoms with Crippen LogP contribution >= 0.6 is 11.8 Å². The Bertz CT molecular complexity index is 924. The fourth-order valence-electron chi connectivity index (χ4n) is 3.57. The van der Waals surface area contributed by atoms with Gasteiger partial charge >= 0.3 is 5.97 Å². The van der Waals surface area contributed by atoms with Crippen LogP contribution in [0.15, 0.2) is 40.7 Å². The summed E-state index contributed by atoms with van der Waals surface area (Å²) in [5, 5.41) is 8.68. The number of ether oxygens (including phenoxy) is 2. The largest absolute Gasteiger partial charge is 0.494 e. The molecule has 7 nitrogen and oxygen atoms in total. The Labute approximate surface area is 195 Å². The monoisotopic (exact) mass is 458 g/mol. The summed E-state index contributed by atoms with van der Waals surface area (Å²) in [7, 11) is 0. The van der Waals surface area contributed by atoms with E-state index in [0.717, 1.165) is 48.4 Å². The second-order valence-electron chi connectivity index (χ2n) is 7.78. The number of hydrogen-bond acceptors (Lipinski definition) is 7. The number of thioether (sulfide) groups is 1. The molecular weight excluding hydrogens is 424 g/mol. The molecule has 1 atom stereocenters. The van der Waals surface area contributed by atoms with Crippen LogP contribution in [0.3, 0.4) is 0 Å². The molecular formula is C24H34N4O3S. The molecule has 0 radical (unpaired) electrons. The number of esters is 1. The predicted octanol–water partition coefficient (Wildman–Crippen LogP) is 5.59. The number of nitrogens with zero attached hydrogens (tertiary/aromatic N) is 3. The minimum absolute atomic E-state index is 0.315. The summed E-state index contributed by atoms with van der Waals surface area (Å²) in [6, 6.07) is 7.48. The number of fused-ring (bicyclic) bond motifs is 1. The van der Waals surface area contributed by atoms with Gasteiger partial charge in [0, 0.05) is 11.4 Å². The maximum absolute atomic E-state index is 12.9. The van der Waals surface area contributed by atoms with E-state index in [4.69, 9.17) is 14.6 Å². The molecule has 0 fully saturated rings. The summed E-state index contributed by atoms with van der Waals surface area (Å²) in [5.74, 6) is 2.08. The second-order valence-corrected chi connectivity index (χ2v) is 8.84. The zero-order valence-electron chi connectivity index (χ0n) is 19.5. The van der Waals surface area contributed by atoms with Crippen molar-refractivity contribution in [2.24, 2.45) is 0 Å². The van der Waals surface area contributed by atoms with Crippen LogP contribution in [-0.4, -0.2) is 39.7 Å². The third-order valence-electron chi connectivity index (χ3n) is 5.27. The second kappa shape index (κ2) is 11.9. The van der Waals surface area contributed by atoms with E-state index in [-0.39, 0.29) is 5.97 Å². The lowest BCUT2D eigenvalue weighted by atomic mass is 9.96. The zero-order valence-corrected chi connectivity index (χ0v) is 20.3. The normalized spacial score (nSPS) is 15.3. The number of hydrogen-bond donors (Lipinski definition) is 1. The summed E-state index contributed by atoms with van der Waals surface area (Å²) in [6.45, 7) is 9.06. The standard InChI is InChI=1S/C24H34N4O3S/c1-5-8-10-15-31-19-13-11-18(12-14-19)21-20(22(29)30-7-3)17(4)25-23-26-24(27-28(21)23)32-16-9-6-2/h11-14,21H,5-10,15-16H2,1-4H3,(H,25,26,27).